The number of nitriles is 1. The van der Waals surface area contributed by atoms with Crippen LogP contribution in [0.25, 0.3) is 11.1 Å². The van der Waals surface area contributed by atoms with E-state index in [0.717, 1.165) is 35.3 Å². The average Bonchev–Trinajstić information content (AvgIpc) is 3.59. The monoisotopic (exact) mass is 601 g/mol. The summed E-state index contributed by atoms with van der Waals surface area (Å²) in [4.78, 5) is 5.60. The molecule has 14 heteroatoms. The van der Waals surface area contributed by atoms with E-state index in [2.05, 4.69) is 19.0 Å². The number of sulfonamides is 1. The average molecular weight is 602 g/mol. The highest BCUT2D eigenvalue weighted by Crippen LogP contribution is 2.40. The summed E-state index contributed by atoms with van der Waals surface area (Å²) in [7, 11) is -4.09. The Morgan fingerprint density at radius 3 is 2.63 bits per heavy atom. The highest BCUT2D eigenvalue weighted by atomic mass is 32.2. The fourth-order valence-electron chi connectivity index (χ4n) is 4.44. The molecule has 212 valence electrons. The van der Waals surface area contributed by atoms with Gasteiger partial charge in [0, 0.05) is 36.7 Å². The maximum Gasteiger partial charge on any atom is 0.416 e. The molecule has 0 radical (unpaired) electrons. The lowest BCUT2D eigenvalue weighted by Crippen LogP contribution is -2.21. The first-order valence-electron chi connectivity index (χ1n) is 12.2. The highest BCUT2D eigenvalue weighted by molar-refractivity contribution is 7.93. The van der Waals surface area contributed by atoms with Crippen LogP contribution in [0.4, 0.5) is 18.3 Å². The third-order valence-electron chi connectivity index (χ3n) is 6.38. The van der Waals surface area contributed by atoms with Crippen molar-refractivity contribution < 1.29 is 31.4 Å². The van der Waals surface area contributed by atoms with Crippen molar-refractivity contribution in [3.05, 3.63) is 83.7 Å². The van der Waals surface area contributed by atoms with Crippen LogP contribution in [-0.4, -0.2) is 47.0 Å². The molecule has 0 saturated carbocycles. The van der Waals surface area contributed by atoms with Gasteiger partial charge in [-0.1, -0.05) is 18.2 Å². The number of nitrogens with one attached hydrogen (secondary N) is 1. The normalized spacial score (nSPS) is 15.9. The van der Waals surface area contributed by atoms with Crippen molar-refractivity contribution in [3.63, 3.8) is 0 Å². The van der Waals surface area contributed by atoms with Crippen LogP contribution in [0.15, 0.2) is 71.9 Å². The molecule has 9 nitrogen and oxygen atoms in total. The number of nitrogens with zero attached hydrogens (tertiary/aromatic N) is 4. The number of aromatic nitrogens is 2. The van der Waals surface area contributed by atoms with Gasteiger partial charge in [0.2, 0.25) is 5.13 Å². The van der Waals surface area contributed by atoms with Gasteiger partial charge in [-0.25, -0.2) is 13.4 Å². The number of hydrogen-bond donors (Lipinski definition) is 2. The second kappa shape index (κ2) is 11.5. The number of benzene rings is 3. The minimum atomic E-state index is -4.61. The number of anilines is 1. The van der Waals surface area contributed by atoms with Crippen molar-refractivity contribution >= 4 is 26.7 Å². The Kier molecular flexibility index (Phi) is 7.96. The van der Waals surface area contributed by atoms with E-state index >= 15 is 0 Å². The van der Waals surface area contributed by atoms with E-state index in [1.54, 1.807) is 18.2 Å². The zero-order chi connectivity index (χ0) is 29.2. The Morgan fingerprint density at radius 2 is 1.95 bits per heavy atom. The first-order chi connectivity index (χ1) is 19.5. The molecule has 1 atom stereocenters. The van der Waals surface area contributed by atoms with Crippen LogP contribution in [0, 0.1) is 11.3 Å². The van der Waals surface area contributed by atoms with Gasteiger partial charge in [0.25, 0.3) is 10.0 Å². The molecule has 0 spiro atoms. The summed E-state index contributed by atoms with van der Waals surface area (Å²) >= 11 is 0.836. The van der Waals surface area contributed by atoms with Crippen molar-refractivity contribution in [1.29, 1.82) is 5.26 Å². The first kappa shape index (κ1) is 28.5. The van der Waals surface area contributed by atoms with Gasteiger partial charge in [0.1, 0.15) is 23.9 Å². The molecule has 0 amide bonds. The summed E-state index contributed by atoms with van der Waals surface area (Å²) in [6.45, 7) is 1.74. The molecule has 1 unspecified atom stereocenters. The predicted octanol–water partition coefficient (Wildman–Crippen LogP) is 5.26. The number of ether oxygens (including phenoxy) is 1. The van der Waals surface area contributed by atoms with E-state index in [1.165, 1.54) is 24.5 Å². The van der Waals surface area contributed by atoms with Crippen LogP contribution in [0.1, 0.15) is 23.1 Å². The largest absolute Gasteiger partial charge is 0.455 e. The smallest absolute Gasteiger partial charge is 0.416 e. The summed E-state index contributed by atoms with van der Waals surface area (Å²) in [6, 6.07) is 15.5. The van der Waals surface area contributed by atoms with E-state index in [9.17, 15) is 32.0 Å². The second-order valence-corrected chi connectivity index (χ2v) is 11.8. The maximum atomic E-state index is 13.7. The summed E-state index contributed by atoms with van der Waals surface area (Å²) in [6.07, 6.45) is -3.17. The number of aliphatic hydroxyl groups is 1. The topological polar surface area (TPSA) is 128 Å². The lowest BCUT2D eigenvalue weighted by Gasteiger charge is -2.18. The second-order valence-electron chi connectivity index (χ2n) is 9.31. The molecule has 1 aliphatic rings. The molecular weight excluding hydrogens is 579 g/mol. The van der Waals surface area contributed by atoms with Crippen molar-refractivity contribution in [2.45, 2.75) is 30.1 Å². The zero-order valence-electron chi connectivity index (χ0n) is 21.2. The Morgan fingerprint density at radius 1 is 1.15 bits per heavy atom. The van der Waals surface area contributed by atoms with Gasteiger partial charge in [-0.3, -0.25) is 9.62 Å². The lowest BCUT2D eigenvalue weighted by molar-refractivity contribution is -0.137. The molecule has 41 heavy (non-hydrogen) atoms. The van der Waals surface area contributed by atoms with Crippen molar-refractivity contribution in [1.82, 2.24) is 14.3 Å². The number of hydrogen-bond acceptors (Lipinski definition) is 9. The minimum Gasteiger partial charge on any atom is -0.455 e. The molecule has 5 rings (SSSR count). The number of likely N-dealkylation sites (tertiary alicyclic amines) is 1. The first-order valence-corrected chi connectivity index (χ1v) is 14.5. The summed E-state index contributed by atoms with van der Waals surface area (Å²) < 4.78 is 78.4. The number of alkyl halides is 3. The molecule has 2 heterocycles. The molecule has 3 aromatic carbocycles. The summed E-state index contributed by atoms with van der Waals surface area (Å²) in [5.74, 6) is 0.0106. The molecule has 4 aromatic rings. The fourth-order valence-corrected chi connectivity index (χ4v) is 6.12. The Labute approximate surface area is 237 Å². The van der Waals surface area contributed by atoms with E-state index in [0.29, 0.717) is 31.6 Å². The van der Waals surface area contributed by atoms with E-state index in [4.69, 9.17) is 4.74 Å². The van der Waals surface area contributed by atoms with E-state index < -0.39 is 27.9 Å². The molecule has 0 bridgehead atoms. The van der Waals surface area contributed by atoms with E-state index in [-0.39, 0.29) is 32.7 Å². The Bertz CT molecular complexity index is 1710. The molecule has 1 aromatic heterocycles. The predicted molar refractivity (Wildman–Crippen MR) is 145 cm³/mol. The van der Waals surface area contributed by atoms with E-state index in [1.807, 2.05) is 12.1 Å². The van der Waals surface area contributed by atoms with Crippen LogP contribution in [-0.2, 0) is 22.7 Å². The van der Waals surface area contributed by atoms with Crippen LogP contribution in [0.5, 0.6) is 11.5 Å². The van der Waals surface area contributed by atoms with Crippen LogP contribution in [0.3, 0.4) is 0 Å². The van der Waals surface area contributed by atoms with Crippen LogP contribution >= 0.6 is 11.5 Å². The van der Waals surface area contributed by atoms with Gasteiger partial charge in [0.15, 0.2) is 0 Å². The van der Waals surface area contributed by atoms with Crippen LogP contribution < -0.4 is 9.46 Å². The molecule has 2 N–H and O–H groups in total. The minimum absolute atomic E-state index is 0.0365. The number of halogens is 3. The van der Waals surface area contributed by atoms with Crippen molar-refractivity contribution in [2.75, 3.05) is 17.8 Å². The fraction of sp³-hybridized carbons (Fsp3) is 0.222. The number of β-amino-alcohol motifs (C(OH)–C–C–N with tert-alkyl or cyclic N) is 1. The third kappa shape index (κ3) is 6.66. The van der Waals surface area contributed by atoms with Gasteiger partial charge < -0.3 is 9.84 Å². The van der Waals surface area contributed by atoms with Gasteiger partial charge in [-0.05, 0) is 60.0 Å². The maximum absolute atomic E-state index is 13.7. The highest BCUT2D eigenvalue weighted by Gasteiger charge is 2.31. The van der Waals surface area contributed by atoms with Gasteiger partial charge in [0.05, 0.1) is 22.1 Å². The third-order valence-corrected chi connectivity index (χ3v) is 8.43. The molecule has 0 aliphatic carbocycles. The van der Waals surface area contributed by atoms with Crippen molar-refractivity contribution in [3.8, 4) is 28.7 Å². The quantitative estimate of drug-likeness (QED) is 0.280. The van der Waals surface area contributed by atoms with Crippen LogP contribution in [0.2, 0.25) is 0 Å². The number of aliphatic hydroxyl groups excluding tert-OH is 1. The molecule has 1 fully saturated rings. The van der Waals surface area contributed by atoms with Crippen molar-refractivity contribution in [2.24, 2.45) is 0 Å². The van der Waals surface area contributed by atoms with Gasteiger partial charge in [-0.2, -0.15) is 22.8 Å². The summed E-state index contributed by atoms with van der Waals surface area (Å²) in [5, 5.41) is 19.6. The van der Waals surface area contributed by atoms with Gasteiger partial charge >= 0.3 is 6.18 Å². The Balaban J connectivity index is 1.49. The molecule has 1 saturated heterocycles. The Hall–Kier alpha value is -4.03. The standard InChI is InChI=1S/C27H22F3N5O4S2/c28-27(29,30)20-4-6-25(23(12-20)18-3-1-2-17(10-18)14-35-9-8-21(36)15-35)39-24-7-5-22(11-19(24)13-31)41(37,38)34-26-32-16-33-40-26/h1-7,10-12,16,21,36H,8-9,14-15H2,(H,32,33,34). The molecule has 1 aliphatic heterocycles. The molecular formula is C27H22F3N5O4S2. The zero-order valence-corrected chi connectivity index (χ0v) is 22.8. The van der Waals surface area contributed by atoms with Gasteiger partial charge in [-0.15, -0.1) is 0 Å². The lowest BCUT2D eigenvalue weighted by atomic mass is 9.99. The number of rotatable bonds is 8. The summed E-state index contributed by atoms with van der Waals surface area (Å²) in [5.41, 5.74) is 0.425. The SMILES string of the molecule is N#Cc1cc(S(=O)(=O)Nc2ncns2)ccc1Oc1ccc(C(F)(F)F)cc1-c1cccc(CN2CCC(O)C2)c1.